The Morgan fingerprint density at radius 3 is 2.50 bits per heavy atom. The summed E-state index contributed by atoms with van der Waals surface area (Å²) in [6.07, 6.45) is 0. The van der Waals surface area contributed by atoms with Gasteiger partial charge in [0.2, 0.25) is 5.91 Å². The Balaban J connectivity index is 1.98. The zero-order valence-electron chi connectivity index (χ0n) is 14.7. The number of rotatable bonds is 4. The lowest BCUT2D eigenvalue weighted by molar-refractivity contribution is -0.127. The van der Waals surface area contributed by atoms with Crippen molar-refractivity contribution >= 4 is 17.6 Å². The Labute approximate surface area is 143 Å². The van der Waals surface area contributed by atoms with E-state index < -0.39 is 0 Å². The van der Waals surface area contributed by atoms with Gasteiger partial charge in [-0.05, 0) is 19.1 Å². The molecule has 2 rings (SSSR count). The van der Waals surface area contributed by atoms with Crippen molar-refractivity contribution in [2.45, 2.75) is 6.92 Å². The van der Waals surface area contributed by atoms with Gasteiger partial charge in [0, 0.05) is 46.8 Å². The molecule has 132 valence electrons. The third-order valence-corrected chi connectivity index (χ3v) is 4.00. The monoisotopic (exact) mass is 333 g/mol. The Bertz CT molecular complexity index is 580. The molecule has 1 amide bonds. The Morgan fingerprint density at radius 1 is 1.25 bits per heavy atom. The lowest BCUT2D eigenvalue weighted by atomic mass is 10.2. The third kappa shape index (κ3) is 4.53. The average Bonchev–Trinajstić information content (AvgIpc) is 2.59. The minimum atomic E-state index is -0.0155. The smallest absolute Gasteiger partial charge is 0.243 e. The SMILES string of the molecule is CCNC(=NCC(=O)N(C)C)N1CCN(c2ccccc2O)CC1. The average molecular weight is 333 g/mol. The normalized spacial score (nSPS) is 15.4. The molecular formula is C17H27N5O2. The summed E-state index contributed by atoms with van der Waals surface area (Å²) in [5.74, 6) is 1.06. The van der Waals surface area contributed by atoms with Crippen LogP contribution in [0.1, 0.15) is 6.92 Å². The molecule has 0 spiro atoms. The number of amides is 1. The molecule has 7 heteroatoms. The van der Waals surface area contributed by atoms with Crippen LogP contribution in [0.25, 0.3) is 0 Å². The summed E-state index contributed by atoms with van der Waals surface area (Å²) < 4.78 is 0. The standard InChI is InChI=1S/C17H27N5O2/c1-4-18-17(19-13-16(24)20(2)3)22-11-9-21(10-12-22)14-7-5-6-8-15(14)23/h5-8,23H,4,9-13H2,1-3H3,(H,18,19). The van der Waals surface area contributed by atoms with E-state index in [1.54, 1.807) is 25.1 Å². The van der Waals surface area contributed by atoms with Crippen molar-refractivity contribution in [3.8, 4) is 5.75 Å². The van der Waals surface area contributed by atoms with Gasteiger partial charge in [-0.3, -0.25) is 4.79 Å². The van der Waals surface area contributed by atoms with Gasteiger partial charge in [-0.1, -0.05) is 12.1 Å². The van der Waals surface area contributed by atoms with E-state index in [0.29, 0.717) is 5.75 Å². The molecule has 1 saturated heterocycles. The van der Waals surface area contributed by atoms with Crippen molar-refractivity contribution in [1.82, 2.24) is 15.1 Å². The molecule has 1 fully saturated rings. The van der Waals surface area contributed by atoms with Crippen LogP contribution in [-0.4, -0.2) is 80.1 Å². The van der Waals surface area contributed by atoms with Crippen molar-refractivity contribution in [2.75, 3.05) is 58.3 Å². The van der Waals surface area contributed by atoms with Crippen LogP contribution in [0.4, 0.5) is 5.69 Å². The Kier molecular flexibility index (Phi) is 6.28. The number of hydrogen-bond donors (Lipinski definition) is 2. The second kappa shape index (κ2) is 8.42. The highest BCUT2D eigenvalue weighted by atomic mass is 16.3. The number of phenolic OH excluding ortho intramolecular Hbond substituents is 1. The fourth-order valence-corrected chi connectivity index (χ4v) is 2.60. The predicted octanol–water partition coefficient (Wildman–Crippen LogP) is 0.568. The molecule has 0 aromatic heterocycles. The number of benzene rings is 1. The fraction of sp³-hybridized carbons (Fsp3) is 0.529. The largest absolute Gasteiger partial charge is 0.506 e. The third-order valence-electron chi connectivity index (χ3n) is 4.00. The number of nitrogens with zero attached hydrogens (tertiary/aromatic N) is 4. The van der Waals surface area contributed by atoms with Crippen LogP contribution in [0.3, 0.4) is 0 Å². The molecule has 0 radical (unpaired) electrons. The quantitative estimate of drug-likeness (QED) is 0.623. The van der Waals surface area contributed by atoms with E-state index >= 15 is 0 Å². The van der Waals surface area contributed by atoms with Gasteiger partial charge in [0.1, 0.15) is 12.3 Å². The second-order valence-corrected chi connectivity index (χ2v) is 5.92. The first-order chi connectivity index (χ1) is 11.5. The molecule has 7 nitrogen and oxygen atoms in total. The zero-order chi connectivity index (χ0) is 17.5. The number of likely N-dealkylation sites (N-methyl/N-ethyl adjacent to an activating group) is 1. The molecular weight excluding hydrogens is 306 g/mol. The fourth-order valence-electron chi connectivity index (χ4n) is 2.60. The van der Waals surface area contributed by atoms with Crippen LogP contribution in [-0.2, 0) is 4.79 Å². The molecule has 0 unspecified atom stereocenters. The van der Waals surface area contributed by atoms with Crippen LogP contribution >= 0.6 is 0 Å². The lowest BCUT2D eigenvalue weighted by Gasteiger charge is -2.37. The van der Waals surface area contributed by atoms with Gasteiger partial charge in [0.25, 0.3) is 0 Å². The first-order valence-electron chi connectivity index (χ1n) is 8.29. The van der Waals surface area contributed by atoms with E-state index in [0.717, 1.165) is 44.4 Å². The molecule has 24 heavy (non-hydrogen) atoms. The summed E-state index contributed by atoms with van der Waals surface area (Å²) in [6, 6.07) is 7.40. The number of carbonyl (C=O) groups is 1. The summed E-state index contributed by atoms with van der Waals surface area (Å²) in [7, 11) is 3.46. The molecule has 0 aliphatic carbocycles. The molecule has 0 atom stereocenters. The van der Waals surface area contributed by atoms with Gasteiger partial charge in [0.05, 0.1) is 5.69 Å². The number of aromatic hydroxyl groups is 1. The molecule has 1 aliphatic heterocycles. The highest BCUT2D eigenvalue weighted by Crippen LogP contribution is 2.27. The summed E-state index contributed by atoms with van der Waals surface area (Å²) in [4.78, 5) is 22.1. The van der Waals surface area contributed by atoms with E-state index in [-0.39, 0.29) is 12.5 Å². The molecule has 0 bridgehead atoms. The molecule has 2 N–H and O–H groups in total. The number of hydrogen-bond acceptors (Lipinski definition) is 4. The summed E-state index contributed by atoms with van der Waals surface area (Å²) in [5, 5.41) is 13.2. The summed E-state index contributed by atoms with van der Waals surface area (Å²) in [5.41, 5.74) is 0.863. The van der Waals surface area contributed by atoms with E-state index in [4.69, 9.17) is 0 Å². The number of carbonyl (C=O) groups excluding carboxylic acids is 1. The van der Waals surface area contributed by atoms with Crippen LogP contribution in [0.15, 0.2) is 29.3 Å². The van der Waals surface area contributed by atoms with Crippen molar-refractivity contribution in [2.24, 2.45) is 4.99 Å². The van der Waals surface area contributed by atoms with Crippen LogP contribution in [0.5, 0.6) is 5.75 Å². The molecule has 1 heterocycles. The lowest BCUT2D eigenvalue weighted by Crippen LogP contribution is -2.52. The highest BCUT2D eigenvalue weighted by Gasteiger charge is 2.21. The Morgan fingerprint density at radius 2 is 1.92 bits per heavy atom. The van der Waals surface area contributed by atoms with Crippen molar-refractivity contribution in [3.63, 3.8) is 0 Å². The zero-order valence-corrected chi connectivity index (χ0v) is 14.7. The maximum atomic E-state index is 11.7. The second-order valence-electron chi connectivity index (χ2n) is 5.92. The summed E-state index contributed by atoms with van der Waals surface area (Å²) in [6.45, 7) is 6.09. The van der Waals surface area contributed by atoms with Gasteiger partial charge in [0.15, 0.2) is 5.96 Å². The Hall–Kier alpha value is -2.44. The maximum absolute atomic E-state index is 11.7. The van der Waals surface area contributed by atoms with Gasteiger partial charge in [-0.25, -0.2) is 4.99 Å². The number of piperazine rings is 1. The first kappa shape index (κ1) is 17.9. The van der Waals surface area contributed by atoms with E-state index in [1.807, 2.05) is 25.1 Å². The number of guanidine groups is 1. The summed E-state index contributed by atoms with van der Waals surface area (Å²) >= 11 is 0. The maximum Gasteiger partial charge on any atom is 0.243 e. The van der Waals surface area contributed by atoms with Crippen LogP contribution < -0.4 is 10.2 Å². The number of nitrogens with one attached hydrogen (secondary N) is 1. The first-order valence-corrected chi connectivity index (χ1v) is 8.29. The number of aliphatic imine (C=N–C) groups is 1. The molecule has 1 aromatic carbocycles. The van der Waals surface area contributed by atoms with Crippen LogP contribution in [0, 0.1) is 0 Å². The molecule has 1 aromatic rings. The van der Waals surface area contributed by atoms with E-state index in [1.165, 1.54) is 0 Å². The van der Waals surface area contributed by atoms with Gasteiger partial charge >= 0.3 is 0 Å². The van der Waals surface area contributed by atoms with Gasteiger partial charge < -0.3 is 25.1 Å². The van der Waals surface area contributed by atoms with Crippen molar-refractivity contribution in [3.05, 3.63) is 24.3 Å². The minimum absolute atomic E-state index is 0.0155. The van der Waals surface area contributed by atoms with Crippen LogP contribution in [0.2, 0.25) is 0 Å². The van der Waals surface area contributed by atoms with Gasteiger partial charge in [-0.2, -0.15) is 0 Å². The van der Waals surface area contributed by atoms with E-state index in [9.17, 15) is 9.90 Å². The predicted molar refractivity (Wildman–Crippen MR) is 96.6 cm³/mol. The molecule has 0 saturated carbocycles. The van der Waals surface area contributed by atoms with Crippen molar-refractivity contribution < 1.29 is 9.90 Å². The topological polar surface area (TPSA) is 71.4 Å². The van der Waals surface area contributed by atoms with E-state index in [2.05, 4.69) is 20.1 Å². The van der Waals surface area contributed by atoms with Crippen molar-refractivity contribution in [1.29, 1.82) is 0 Å². The van der Waals surface area contributed by atoms with Gasteiger partial charge in [-0.15, -0.1) is 0 Å². The number of para-hydroxylation sites is 2. The number of phenols is 1. The highest BCUT2D eigenvalue weighted by molar-refractivity contribution is 5.85. The number of anilines is 1. The minimum Gasteiger partial charge on any atom is -0.506 e. The molecule has 1 aliphatic rings.